The van der Waals surface area contributed by atoms with E-state index in [-0.39, 0.29) is 34.9 Å². The van der Waals surface area contributed by atoms with E-state index in [1.54, 1.807) is 36.4 Å². The smallest absolute Gasteiger partial charge is 0.306 e. The summed E-state index contributed by atoms with van der Waals surface area (Å²) in [6.45, 7) is 1.44. The third-order valence-electron chi connectivity index (χ3n) is 5.40. The third kappa shape index (κ3) is 4.72. The molecule has 7 heteroatoms. The van der Waals surface area contributed by atoms with Crippen LogP contribution >= 0.6 is 0 Å². The molecule has 1 aliphatic carbocycles. The van der Waals surface area contributed by atoms with Gasteiger partial charge in [0.1, 0.15) is 5.82 Å². The highest BCUT2D eigenvalue weighted by Gasteiger charge is 2.29. The van der Waals surface area contributed by atoms with E-state index >= 15 is 0 Å². The van der Waals surface area contributed by atoms with Gasteiger partial charge < -0.3 is 10.1 Å². The van der Waals surface area contributed by atoms with Gasteiger partial charge in [0.25, 0.3) is 5.91 Å². The average molecular weight is 445 g/mol. The van der Waals surface area contributed by atoms with Crippen LogP contribution in [0.5, 0.6) is 0 Å². The zero-order valence-electron chi connectivity index (χ0n) is 17.8. The molecule has 0 saturated heterocycles. The van der Waals surface area contributed by atoms with E-state index in [2.05, 4.69) is 5.32 Å². The minimum absolute atomic E-state index is 0.0398. The van der Waals surface area contributed by atoms with Crippen molar-refractivity contribution in [2.45, 2.75) is 25.9 Å². The van der Waals surface area contributed by atoms with Crippen molar-refractivity contribution >= 4 is 29.1 Å². The molecule has 3 aromatic rings. The molecule has 0 fully saturated rings. The highest BCUT2D eigenvalue weighted by atomic mass is 19.1. The van der Waals surface area contributed by atoms with Crippen LogP contribution in [0.2, 0.25) is 0 Å². The summed E-state index contributed by atoms with van der Waals surface area (Å²) in [6.07, 6.45) is -0.673. The number of fused-ring (bicyclic) bond motifs is 2. The summed E-state index contributed by atoms with van der Waals surface area (Å²) in [4.78, 5) is 50.1. The Morgan fingerprint density at radius 2 is 1.48 bits per heavy atom. The molecule has 6 nitrogen and oxygen atoms in total. The molecule has 0 spiro atoms. The van der Waals surface area contributed by atoms with Crippen molar-refractivity contribution in [3.8, 4) is 0 Å². The first-order valence-electron chi connectivity index (χ1n) is 10.4. The summed E-state index contributed by atoms with van der Waals surface area (Å²) in [5, 5.41) is 2.62. The minimum Gasteiger partial charge on any atom is -0.453 e. The highest BCUT2D eigenvalue weighted by molar-refractivity contribution is 6.28. The van der Waals surface area contributed by atoms with Gasteiger partial charge in [0.15, 0.2) is 17.7 Å². The van der Waals surface area contributed by atoms with Gasteiger partial charge in [-0.2, -0.15) is 0 Å². The largest absolute Gasteiger partial charge is 0.453 e. The molecule has 0 aliphatic heterocycles. The second kappa shape index (κ2) is 9.16. The number of amides is 1. The first kappa shape index (κ1) is 22.1. The number of ether oxygens (including phenoxy) is 1. The van der Waals surface area contributed by atoms with Crippen LogP contribution < -0.4 is 5.32 Å². The minimum atomic E-state index is -1.07. The first-order chi connectivity index (χ1) is 15.8. The number of ketones is 2. The van der Waals surface area contributed by atoms with Crippen LogP contribution in [0, 0.1) is 5.82 Å². The molecule has 1 atom stereocenters. The number of rotatable bonds is 6. The Hall–Kier alpha value is -4.13. The van der Waals surface area contributed by atoms with Crippen molar-refractivity contribution in [2.75, 3.05) is 5.32 Å². The Labute approximate surface area is 189 Å². The van der Waals surface area contributed by atoms with E-state index < -0.39 is 18.0 Å². The Kier molecular flexibility index (Phi) is 6.13. The van der Waals surface area contributed by atoms with E-state index in [1.165, 1.54) is 37.3 Å². The van der Waals surface area contributed by atoms with E-state index in [1.807, 2.05) is 0 Å². The molecule has 1 aliphatic rings. The lowest BCUT2D eigenvalue weighted by molar-refractivity contribution is -0.153. The van der Waals surface area contributed by atoms with Crippen molar-refractivity contribution in [1.82, 2.24) is 0 Å². The Bertz CT molecular complexity index is 1270. The molecule has 4 rings (SSSR count). The van der Waals surface area contributed by atoms with E-state index in [0.717, 1.165) is 5.56 Å². The predicted octanol–water partition coefficient (Wildman–Crippen LogP) is 4.10. The molecule has 0 bridgehead atoms. The van der Waals surface area contributed by atoms with Gasteiger partial charge in [-0.05, 0) is 49.2 Å². The van der Waals surface area contributed by atoms with Crippen molar-refractivity contribution in [3.05, 3.63) is 100 Å². The quantitative estimate of drug-likeness (QED) is 0.451. The zero-order chi connectivity index (χ0) is 23.5. The maximum atomic E-state index is 13.0. The first-order valence-corrected chi connectivity index (χ1v) is 10.4. The van der Waals surface area contributed by atoms with Crippen LogP contribution in [-0.2, 0) is 20.7 Å². The van der Waals surface area contributed by atoms with Gasteiger partial charge in [0.2, 0.25) is 0 Å². The van der Waals surface area contributed by atoms with Crippen LogP contribution in [0.4, 0.5) is 10.1 Å². The Morgan fingerprint density at radius 1 is 0.879 bits per heavy atom. The molecule has 166 valence electrons. The average Bonchev–Trinajstić information content (AvgIpc) is 2.82. The van der Waals surface area contributed by atoms with E-state index in [4.69, 9.17) is 4.74 Å². The fourth-order valence-electron chi connectivity index (χ4n) is 3.63. The second-order valence-electron chi connectivity index (χ2n) is 7.71. The number of benzene rings is 3. The molecule has 0 saturated carbocycles. The summed E-state index contributed by atoms with van der Waals surface area (Å²) in [6, 6.07) is 16.9. The van der Waals surface area contributed by atoms with Crippen LogP contribution in [0.3, 0.4) is 0 Å². The number of aryl methyl sites for hydroxylation is 1. The molecule has 0 aromatic heterocycles. The normalized spacial score (nSPS) is 13.0. The van der Waals surface area contributed by atoms with Crippen molar-refractivity contribution < 1.29 is 28.3 Å². The Balaban J connectivity index is 1.38. The van der Waals surface area contributed by atoms with Gasteiger partial charge in [-0.3, -0.25) is 19.2 Å². The fraction of sp³-hybridized carbons (Fsp3) is 0.154. The van der Waals surface area contributed by atoms with Crippen molar-refractivity contribution in [1.29, 1.82) is 0 Å². The lowest BCUT2D eigenvalue weighted by Gasteiger charge is -2.19. The SMILES string of the molecule is CC(OC(=O)CCc1ccc(F)cc1)C(=O)Nc1ccc2c(c1)C(=O)c1ccccc1C2=O. The van der Waals surface area contributed by atoms with Gasteiger partial charge >= 0.3 is 5.97 Å². The third-order valence-corrected chi connectivity index (χ3v) is 5.40. The molecular formula is C26H20FNO5. The van der Waals surface area contributed by atoms with Gasteiger partial charge in [-0.1, -0.05) is 36.4 Å². The summed E-state index contributed by atoms with van der Waals surface area (Å²) in [5.74, 6) is -2.04. The van der Waals surface area contributed by atoms with Gasteiger partial charge in [0.05, 0.1) is 0 Å². The number of anilines is 1. The van der Waals surface area contributed by atoms with E-state index in [0.29, 0.717) is 23.2 Å². The fourth-order valence-corrected chi connectivity index (χ4v) is 3.63. The number of nitrogens with one attached hydrogen (secondary N) is 1. The van der Waals surface area contributed by atoms with Gasteiger partial charge in [-0.15, -0.1) is 0 Å². The number of esters is 1. The number of carbonyl (C=O) groups is 4. The molecule has 33 heavy (non-hydrogen) atoms. The lowest BCUT2D eigenvalue weighted by Crippen LogP contribution is -2.30. The molecule has 1 unspecified atom stereocenters. The summed E-state index contributed by atoms with van der Waals surface area (Å²) < 4.78 is 18.1. The van der Waals surface area contributed by atoms with Crippen molar-refractivity contribution in [2.24, 2.45) is 0 Å². The van der Waals surface area contributed by atoms with Crippen LogP contribution in [0.1, 0.15) is 50.8 Å². The van der Waals surface area contributed by atoms with E-state index in [9.17, 15) is 23.6 Å². The van der Waals surface area contributed by atoms with Crippen LogP contribution in [0.15, 0.2) is 66.7 Å². The van der Waals surface area contributed by atoms with Crippen LogP contribution in [-0.4, -0.2) is 29.5 Å². The highest BCUT2D eigenvalue weighted by Crippen LogP contribution is 2.29. The van der Waals surface area contributed by atoms with Crippen LogP contribution in [0.25, 0.3) is 0 Å². The summed E-state index contributed by atoms with van der Waals surface area (Å²) >= 11 is 0. The number of hydrogen-bond acceptors (Lipinski definition) is 5. The topological polar surface area (TPSA) is 89.5 Å². The summed E-state index contributed by atoms with van der Waals surface area (Å²) in [7, 11) is 0. The second-order valence-corrected chi connectivity index (χ2v) is 7.71. The molecule has 0 radical (unpaired) electrons. The molecule has 0 heterocycles. The standard InChI is InChI=1S/C26H20FNO5/c1-15(33-23(29)13-8-16-6-9-17(27)10-7-16)26(32)28-18-11-12-21-22(14-18)25(31)20-5-3-2-4-19(20)24(21)30/h2-7,9-12,14-15H,8,13H2,1H3,(H,28,32). The lowest BCUT2D eigenvalue weighted by atomic mass is 9.84. The molecule has 3 aromatic carbocycles. The van der Waals surface area contributed by atoms with Gasteiger partial charge in [-0.25, -0.2) is 4.39 Å². The van der Waals surface area contributed by atoms with Crippen molar-refractivity contribution in [3.63, 3.8) is 0 Å². The molecule has 1 N–H and O–H groups in total. The Morgan fingerprint density at radius 3 is 2.15 bits per heavy atom. The predicted molar refractivity (Wildman–Crippen MR) is 119 cm³/mol. The number of hydrogen-bond donors (Lipinski definition) is 1. The monoisotopic (exact) mass is 445 g/mol. The number of carbonyl (C=O) groups excluding carboxylic acids is 4. The van der Waals surface area contributed by atoms with Gasteiger partial charge in [0, 0.05) is 34.4 Å². The maximum Gasteiger partial charge on any atom is 0.306 e. The molecule has 1 amide bonds. The molecular weight excluding hydrogens is 425 g/mol. The maximum absolute atomic E-state index is 13.0. The zero-order valence-corrected chi connectivity index (χ0v) is 17.8. The summed E-state index contributed by atoms with van der Waals surface area (Å²) in [5.41, 5.74) is 2.25. The number of halogens is 1.